The molecule has 0 aliphatic carbocycles. The molecule has 1 aromatic rings. The lowest BCUT2D eigenvalue weighted by molar-refractivity contribution is 0.300. The van der Waals surface area contributed by atoms with Gasteiger partial charge in [0.2, 0.25) is 0 Å². The van der Waals surface area contributed by atoms with Gasteiger partial charge in [-0.15, -0.1) is 0 Å². The Labute approximate surface area is 135 Å². The van der Waals surface area contributed by atoms with Crippen LogP contribution in [0.5, 0.6) is 0 Å². The van der Waals surface area contributed by atoms with Gasteiger partial charge in [-0.25, -0.2) is 0 Å². The Balaban J connectivity index is 2.72. The number of rotatable bonds is 10. The van der Waals surface area contributed by atoms with Gasteiger partial charge >= 0.3 is 0 Å². The van der Waals surface area contributed by atoms with E-state index in [2.05, 4.69) is 48.0 Å². The molecule has 4 heteroatoms. The molecule has 0 atom stereocenters. The number of nitrogens with one attached hydrogen (secondary N) is 1. The zero-order valence-corrected chi connectivity index (χ0v) is 14.7. The highest BCUT2D eigenvalue weighted by Gasteiger charge is 2.10. The van der Waals surface area contributed by atoms with Crippen LogP contribution in [0.25, 0.3) is 0 Å². The Kier molecular flexibility index (Phi) is 8.74. The number of hydrogen-bond donors (Lipinski definition) is 1. The predicted octanol–water partition coefficient (Wildman–Crippen LogP) is 3.62. The molecule has 0 radical (unpaired) electrons. The molecule has 0 spiro atoms. The van der Waals surface area contributed by atoms with E-state index in [0.29, 0.717) is 0 Å². The van der Waals surface area contributed by atoms with Crippen LogP contribution in [0.2, 0.25) is 5.02 Å². The molecule has 0 fully saturated rings. The van der Waals surface area contributed by atoms with Crippen molar-refractivity contribution in [2.45, 2.75) is 33.7 Å². The van der Waals surface area contributed by atoms with Crippen LogP contribution in [-0.2, 0) is 6.54 Å². The summed E-state index contributed by atoms with van der Waals surface area (Å²) in [4.78, 5) is 4.91. The molecule has 0 saturated heterocycles. The summed E-state index contributed by atoms with van der Waals surface area (Å²) >= 11 is 6.19. The number of halogens is 1. The summed E-state index contributed by atoms with van der Waals surface area (Å²) in [5.41, 5.74) is 2.57. The van der Waals surface area contributed by atoms with Crippen LogP contribution in [0.15, 0.2) is 18.2 Å². The van der Waals surface area contributed by atoms with Gasteiger partial charge in [-0.05, 0) is 57.7 Å². The van der Waals surface area contributed by atoms with E-state index in [0.717, 1.165) is 44.3 Å². The second-order valence-corrected chi connectivity index (χ2v) is 5.70. The summed E-state index contributed by atoms with van der Waals surface area (Å²) in [5, 5.41) is 4.05. The standard InChI is InChI=1S/C17H30ClN3/c1-5-20(6-2)11-8-12-21(7-3)17-13-16(18)10-9-15(17)14-19-4/h9-10,13,19H,5-8,11-12,14H2,1-4H3. The Bertz CT molecular complexity index is 405. The number of benzene rings is 1. The van der Waals surface area contributed by atoms with Crippen LogP contribution in [0, 0.1) is 0 Å². The Morgan fingerprint density at radius 1 is 1.05 bits per heavy atom. The fourth-order valence-corrected chi connectivity index (χ4v) is 2.81. The minimum atomic E-state index is 0.812. The normalized spacial score (nSPS) is 11.1. The molecular formula is C17H30ClN3. The third-order valence-electron chi connectivity index (χ3n) is 3.93. The molecule has 0 heterocycles. The van der Waals surface area contributed by atoms with Crippen molar-refractivity contribution in [3.8, 4) is 0 Å². The second kappa shape index (κ2) is 10.0. The van der Waals surface area contributed by atoms with Crippen molar-refractivity contribution in [3.05, 3.63) is 28.8 Å². The monoisotopic (exact) mass is 311 g/mol. The van der Waals surface area contributed by atoms with Gasteiger partial charge in [0.1, 0.15) is 0 Å². The van der Waals surface area contributed by atoms with Gasteiger partial charge in [0.15, 0.2) is 0 Å². The fraction of sp³-hybridized carbons (Fsp3) is 0.647. The highest BCUT2D eigenvalue weighted by atomic mass is 35.5. The molecule has 0 amide bonds. The van der Waals surface area contributed by atoms with Crippen LogP contribution >= 0.6 is 11.6 Å². The maximum atomic E-state index is 6.19. The average Bonchev–Trinajstić information content (AvgIpc) is 2.50. The zero-order valence-electron chi connectivity index (χ0n) is 14.0. The highest BCUT2D eigenvalue weighted by molar-refractivity contribution is 6.30. The quantitative estimate of drug-likeness (QED) is 0.712. The molecule has 1 rings (SSSR count). The fourth-order valence-electron chi connectivity index (χ4n) is 2.65. The van der Waals surface area contributed by atoms with Crippen LogP contribution in [0.3, 0.4) is 0 Å². The van der Waals surface area contributed by atoms with Gasteiger partial charge in [0.05, 0.1) is 0 Å². The van der Waals surface area contributed by atoms with E-state index >= 15 is 0 Å². The van der Waals surface area contributed by atoms with Crippen molar-refractivity contribution in [2.24, 2.45) is 0 Å². The first-order valence-electron chi connectivity index (χ1n) is 8.06. The number of nitrogens with zero attached hydrogens (tertiary/aromatic N) is 2. The molecule has 0 aliphatic heterocycles. The topological polar surface area (TPSA) is 18.5 Å². The molecule has 1 aromatic carbocycles. The van der Waals surface area contributed by atoms with Crippen molar-refractivity contribution in [2.75, 3.05) is 44.7 Å². The van der Waals surface area contributed by atoms with Crippen molar-refractivity contribution in [1.29, 1.82) is 0 Å². The minimum Gasteiger partial charge on any atom is -0.371 e. The second-order valence-electron chi connectivity index (χ2n) is 5.26. The van der Waals surface area contributed by atoms with Crippen molar-refractivity contribution >= 4 is 17.3 Å². The number of hydrogen-bond acceptors (Lipinski definition) is 3. The molecule has 0 bridgehead atoms. The largest absolute Gasteiger partial charge is 0.371 e. The van der Waals surface area contributed by atoms with Gasteiger partial charge in [-0.1, -0.05) is 31.5 Å². The lowest BCUT2D eigenvalue weighted by atomic mass is 10.1. The van der Waals surface area contributed by atoms with Crippen molar-refractivity contribution < 1.29 is 0 Å². The van der Waals surface area contributed by atoms with Gasteiger partial charge in [0.25, 0.3) is 0 Å². The molecule has 0 aliphatic rings. The summed E-state index contributed by atoms with van der Waals surface area (Å²) in [6.45, 7) is 13.0. The van der Waals surface area contributed by atoms with Crippen LogP contribution < -0.4 is 10.2 Å². The van der Waals surface area contributed by atoms with Gasteiger partial charge in [-0.3, -0.25) is 0 Å². The Morgan fingerprint density at radius 3 is 2.33 bits per heavy atom. The van der Waals surface area contributed by atoms with E-state index in [1.54, 1.807) is 0 Å². The lowest BCUT2D eigenvalue weighted by Crippen LogP contribution is -2.30. The maximum Gasteiger partial charge on any atom is 0.0426 e. The van der Waals surface area contributed by atoms with Crippen molar-refractivity contribution in [3.63, 3.8) is 0 Å². The van der Waals surface area contributed by atoms with E-state index in [1.807, 2.05) is 13.1 Å². The van der Waals surface area contributed by atoms with Gasteiger partial charge < -0.3 is 15.1 Å². The summed E-state index contributed by atoms with van der Waals surface area (Å²) in [6.07, 6.45) is 1.18. The average molecular weight is 312 g/mol. The summed E-state index contributed by atoms with van der Waals surface area (Å²) in [7, 11) is 1.98. The van der Waals surface area contributed by atoms with Crippen molar-refractivity contribution in [1.82, 2.24) is 10.2 Å². The Morgan fingerprint density at radius 2 is 1.76 bits per heavy atom. The van der Waals surface area contributed by atoms with Crippen LogP contribution in [-0.4, -0.2) is 44.7 Å². The SMILES string of the molecule is CCN(CC)CCCN(CC)c1cc(Cl)ccc1CNC. The van der Waals surface area contributed by atoms with E-state index in [4.69, 9.17) is 11.6 Å². The van der Waals surface area contributed by atoms with Gasteiger partial charge in [0, 0.05) is 30.3 Å². The smallest absolute Gasteiger partial charge is 0.0426 e. The first-order chi connectivity index (χ1) is 10.2. The molecule has 21 heavy (non-hydrogen) atoms. The molecule has 3 nitrogen and oxygen atoms in total. The van der Waals surface area contributed by atoms with Gasteiger partial charge in [-0.2, -0.15) is 0 Å². The molecule has 0 aromatic heterocycles. The van der Waals surface area contributed by atoms with E-state index in [1.165, 1.54) is 17.7 Å². The highest BCUT2D eigenvalue weighted by Crippen LogP contribution is 2.25. The maximum absolute atomic E-state index is 6.19. The summed E-state index contributed by atoms with van der Waals surface area (Å²) in [5.74, 6) is 0. The molecule has 0 saturated carbocycles. The minimum absolute atomic E-state index is 0.812. The van der Waals surface area contributed by atoms with Crippen LogP contribution in [0.1, 0.15) is 32.8 Å². The van der Waals surface area contributed by atoms with E-state index in [-0.39, 0.29) is 0 Å². The Hall–Kier alpha value is -0.770. The third-order valence-corrected chi connectivity index (χ3v) is 4.17. The molecule has 1 N–H and O–H groups in total. The molecular weight excluding hydrogens is 282 g/mol. The first-order valence-corrected chi connectivity index (χ1v) is 8.44. The molecule has 0 unspecified atom stereocenters. The lowest BCUT2D eigenvalue weighted by Gasteiger charge is -2.27. The molecule has 120 valence electrons. The van der Waals surface area contributed by atoms with Crippen LogP contribution in [0.4, 0.5) is 5.69 Å². The summed E-state index contributed by atoms with van der Waals surface area (Å²) < 4.78 is 0. The first kappa shape index (κ1) is 18.3. The predicted molar refractivity (Wildman–Crippen MR) is 94.5 cm³/mol. The number of anilines is 1. The third kappa shape index (κ3) is 5.85. The van der Waals surface area contributed by atoms with E-state index in [9.17, 15) is 0 Å². The zero-order chi connectivity index (χ0) is 15.7. The summed E-state index contributed by atoms with van der Waals surface area (Å²) in [6, 6.07) is 6.19. The van der Waals surface area contributed by atoms with E-state index < -0.39 is 0 Å².